The quantitative estimate of drug-likeness (QED) is 0.709. The van der Waals surface area contributed by atoms with Gasteiger partial charge in [-0.3, -0.25) is 9.59 Å². The summed E-state index contributed by atoms with van der Waals surface area (Å²) in [5, 5.41) is 8.61. The van der Waals surface area contributed by atoms with Crippen LogP contribution in [0.3, 0.4) is 0 Å². The summed E-state index contributed by atoms with van der Waals surface area (Å²) in [6.07, 6.45) is 1.37. The lowest BCUT2D eigenvalue weighted by Gasteiger charge is -2.18. The lowest BCUT2D eigenvalue weighted by Crippen LogP contribution is -2.22. The van der Waals surface area contributed by atoms with Gasteiger partial charge >= 0.3 is 5.97 Å². The number of carboxylic acids is 1. The molecule has 1 N–H and O–H groups in total. The summed E-state index contributed by atoms with van der Waals surface area (Å²) in [5.74, 6) is -0.264. The summed E-state index contributed by atoms with van der Waals surface area (Å²) < 4.78 is 0. The largest absolute Gasteiger partial charge is 0.481 e. The summed E-state index contributed by atoms with van der Waals surface area (Å²) in [7, 11) is 0. The minimum Gasteiger partial charge on any atom is -0.481 e. The van der Waals surface area contributed by atoms with E-state index in [1.807, 2.05) is 13.8 Å². The van der Waals surface area contributed by atoms with E-state index in [1.165, 1.54) is 0 Å². The molecule has 1 atom stereocenters. The number of hydrogen-bond donors (Lipinski definition) is 1. The van der Waals surface area contributed by atoms with Crippen molar-refractivity contribution in [2.75, 3.05) is 0 Å². The van der Waals surface area contributed by atoms with Crippen LogP contribution in [0.4, 0.5) is 0 Å². The molecule has 0 saturated heterocycles. The van der Waals surface area contributed by atoms with Crippen LogP contribution in [0, 0.1) is 17.8 Å². The molecule has 0 aromatic heterocycles. The molecule has 0 spiro atoms. The van der Waals surface area contributed by atoms with Crippen LogP contribution in [0.2, 0.25) is 0 Å². The number of carboxylic acid groups (broad SMARTS) is 1. The van der Waals surface area contributed by atoms with Crippen LogP contribution in [-0.4, -0.2) is 16.9 Å². The number of ketones is 1. The zero-order chi connectivity index (χ0) is 12.0. The second kappa shape index (κ2) is 6.59. The average molecular weight is 214 g/mol. The maximum absolute atomic E-state index is 11.8. The monoisotopic (exact) mass is 214 g/mol. The highest BCUT2D eigenvalue weighted by Crippen LogP contribution is 2.21. The molecule has 0 saturated carbocycles. The van der Waals surface area contributed by atoms with Crippen molar-refractivity contribution in [1.29, 1.82) is 0 Å². The second-order valence-electron chi connectivity index (χ2n) is 4.82. The van der Waals surface area contributed by atoms with Gasteiger partial charge in [-0.25, -0.2) is 0 Å². The van der Waals surface area contributed by atoms with Gasteiger partial charge in [-0.15, -0.1) is 0 Å². The molecule has 1 unspecified atom stereocenters. The zero-order valence-corrected chi connectivity index (χ0v) is 10.1. The molecule has 0 aliphatic heterocycles. The first-order valence-corrected chi connectivity index (χ1v) is 5.60. The van der Waals surface area contributed by atoms with Crippen LogP contribution in [0.15, 0.2) is 0 Å². The van der Waals surface area contributed by atoms with Gasteiger partial charge in [-0.2, -0.15) is 0 Å². The van der Waals surface area contributed by atoms with E-state index in [0.29, 0.717) is 12.3 Å². The van der Waals surface area contributed by atoms with E-state index < -0.39 is 5.97 Å². The fourth-order valence-electron chi connectivity index (χ4n) is 1.71. The van der Waals surface area contributed by atoms with E-state index in [1.54, 1.807) is 0 Å². The molecular weight excluding hydrogens is 192 g/mol. The van der Waals surface area contributed by atoms with E-state index in [0.717, 1.165) is 6.42 Å². The highest BCUT2D eigenvalue weighted by atomic mass is 16.4. The van der Waals surface area contributed by atoms with E-state index in [4.69, 9.17) is 5.11 Å². The molecular formula is C12H22O3. The molecule has 3 heteroatoms. The van der Waals surface area contributed by atoms with Crippen LogP contribution in [0.5, 0.6) is 0 Å². The van der Waals surface area contributed by atoms with E-state index >= 15 is 0 Å². The maximum Gasteiger partial charge on any atom is 0.303 e. The van der Waals surface area contributed by atoms with Crippen LogP contribution < -0.4 is 0 Å². The normalized spacial score (nSPS) is 13.2. The van der Waals surface area contributed by atoms with Crippen LogP contribution in [0.1, 0.15) is 47.0 Å². The van der Waals surface area contributed by atoms with Gasteiger partial charge in [0.25, 0.3) is 0 Å². The van der Waals surface area contributed by atoms with Crippen LogP contribution in [0.25, 0.3) is 0 Å². The van der Waals surface area contributed by atoms with Crippen LogP contribution in [-0.2, 0) is 9.59 Å². The standard InChI is InChI=1S/C12H22O3/c1-8(2)7-10(5-6-11(13)14)12(15)9(3)4/h8-10H,5-7H2,1-4H3,(H,13,14). The molecule has 0 fully saturated rings. The highest BCUT2D eigenvalue weighted by Gasteiger charge is 2.22. The molecule has 0 aliphatic carbocycles. The van der Waals surface area contributed by atoms with E-state index in [-0.39, 0.29) is 24.0 Å². The Morgan fingerprint density at radius 1 is 1.13 bits per heavy atom. The van der Waals surface area contributed by atoms with Crippen molar-refractivity contribution in [3.8, 4) is 0 Å². The number of Topliss-reactive ketones (excluding diaryl/α,β-unsaturated/α-hetero) is 1. The van der Waals surface area contributed by atoms with Crippen molar-refractivity contribution in [1.82, 2.24) is 0 Å². The number of carbonyl (C=O) groups excluding carboxylic acids is 1. The molecule has 0 radical (unpaired) electrons. The van der Waals surface area contributed by atoms with E-state index in [2.05, 4.69) is 13.8 Å². The Morgan fingerprint density at radius 3 is 2.00 bits per heavy atom. The smallest absolute Gasteiger partial charge is 0.303 e. The Kier molecular flexibility index (Phi) is 6.21. The Hall–Kier alpha value is -0.860. The Bertz CT molecular complexity index is 219. The Morgan fingerprint density at radius 2 is 1.67 bits per heavy atom. The molecule has 0 aliphatic rings. The molecule has 15 heavy (non-hydrogen) atoms. The van der Waals surface area contributed by atoms with Gasteiger partial charge in [-0.05, 0) is 18.8 Å². The lowest BCUT2D eigenvalue weighted by molar-refractivity contribution is -0.137. The molecule has 0 amide bonds. The first-order chi connectivity index (χ1) is 6.84. The third kappa shape index (κ3) is 6.26. The molecule has 88 valence electrons. The summed E-state index contributed by atoms with van der Waals surface area (Å²) >= 11 is 0. The van der Waals surface area contributed by atoms with Crippen molar-refractivity contribution in [3.63, 3.8) is 0 Å². The van der Waals surface area contributed by atoms with Crippen molar-refractivity contribution >= 4 is 11.8 Å². The summed E-state index contributed by atoms with van der Waals surface area (Å²) in [6, 6.07) is 0. The van der Waals surface area contributed by atoms with Crippen molar-refractivity contribution in [2.24, 2.45) is 17.8 Å². The Balaban J connectivity index is 4.30. The van der Waals surface area contributed by atoms with Crippen molar-refractivity contribution < 1.29 is 14.7 Å². The third-order valence-electron chi connectivity index (χ3n) is 2.43. The van der Waals surface area contributed by atoms with Gasteiger partial charge < -0.3 is 5.11 Å². The third-order valence-corrected chi connectivity index (χ3v) is 2.43. The predicted octanol–water partition coefficient (Wildman–Crippen LogP) is 2.74. The maximum atomic E-state index is 11.8. The summed E-state index contributed by atoms with van der Waals surface area (Å²) in [5.41, 5.74) is 0. The van der Waals surface area contributed by atoms with Crippen molar-refractivity contribution in [3.05, 3.63) is 0 Å². The summed E-state index contributed by atoms with van der Waals surface area (Å²) in [6.45, 7) is 7.86. The second-order valence-corrected chi connectivity index (χ2v) is 4.82. The first-order valence-electron chi connectivity index (χ1n) is 5.60. The molecule has 3 nitrogen and oxygen atoms in total. The number of carbonyl (C=O) groups is 2. The molecule has 0 aromatic rings. The first kappa shape index (κ1) is 14.1. The zero-order valence-electron chi connectivity index (χ0n) is 10.1. The topological polar surface area (TPSA) is 54.4 Å². The lowest BCUT2D eigenvalue weighted by atomic mass is 9.85. The van der Waals surface area contributed by atoms with Gasteiger partial charge in [0.1, 0.15) is 5.78 Å². The molecule has 0 aromatic carbocycles. The van der Waals surface area contributed by atoms with Gasteiger partial charge in [0.15, 0.2) is 0 Å². The predicted molar refractivity (Wildman–Crippen MR) is 59.7 cm³/mol. The average Bonchev–Trinajstić information content (AvgIpc) is 2.10. The number of aliphatic carboxylic acids is 1. The fourth-order valence-corrected chi connectivity index (χ4v) is 1.71. The minimum atomic E-state index is -0.819. The highest BCUT2D eigenvalue weighted by molar-refractivity contribution is 5.83. The van der Waals surface area contributed by atoms with Crippen LogP contribution >= 0.6 is 0 Å². The van der Waals surface area contributed by atoms with E-state index in [9.17, 15) is 9.59 Å². The van der Waals surface area contributed by atoms with Gasteiger partial charge in [0.05, 0.1) is 0 Å². The van der Waals surface area contributed by atoms with Gasteiger partial charge in [0.2, 0.25) is 0 Å². The minimum absolute atomic E-state index is 0.00236. The molecule has 0 rings (SSSR count). The molecule has 0 heterocycles. The molecule has 0 bridgehead atoms. The SMILES string of the molecule is CC(C)CC(CCC(=O)O)C(=O)C(C)C. The van der Waals surface area contributed by atoms with Crippen molar-refractivity contribution in [2.45, 2.75) is 47.0 Å². The van der Waals surface area contributed by atoms with Gasteiger partial charge in [-0.1, -0.05) is 27.7 Å². The Labute approximate surface area is 91.9 Å². The fraction of sp³-hybridized carbons (Fsp3) is 0.833. The number of hydrogen-bond acceptors (Lipinski definition) is 2. The summed E-state index contributed by atoms with van der Waals surface area (Å²) in [4.78, 5) is 22.3. The number of rotatable bonds is 7. The van der Waals surface area contributed by atoms with Gasteiger partial charge in [0, 0.05) is 18.3 Å².